The number of carbonyl (C=O) groups excluding carboxylic acids is 1. The van der Waals surface area contributed by atoms with E-state index in [4.69, 9.17) is 0 Å². The molecule has 0 amide bonds. The first-order valence-corrected chi connectivity index (χ1v) is 6.40. The summed E-state index contributed by atoms with van der Waals surface area (Å²) in [6, 6.07) is 9.77. The molecule has 0 aliphatic heterocycles. The van der Waals surface area contributed by atoms with E-state index in [-0.39, 0.29) is 6.04 Å². The Balaban J connectivity index is 2.12. The molecule has 0 heterocycles. The standard InChI is InChI=1S/C16H15F2NO2/c1-10(12-7-13(17)9-14(18)8-12)19-15-5-3-11(4-6-15)16(20)21-2/h3-10,19H,1-2H3. The second-order valence-electron chi connectivity index (χ2n) is 4.64. The SMILES string of the molecule is COC(=O)c1ccc(NC(C)c2cc(F)cc(F)c2)cc1. The third kappa shape index (κ3) is 3.78. The zero-order valence-corrected chi connectivity index (χ0v) is 11.7. The normalized spacial score (nSPS) is 11.8. The second-order valence-corrected chi connectivity index (χ2v) is 4.64. The van der Waals surface area contributed by atoms with Crippen LogP contribution in [0.15, 0.2) is 42.5 Å². The van der Waals surface area contributed by atoms with Gasteiger partial charge in [0.05, 0.1) is 12.7 Å². The maximum Gasteiger partial charge on any atom is 0.337 e. The number of hydrogen-bond acceptors (Lipinski definition) is 3. The predicted molar refractivity (Wildman–Crippen MR) is 76.2 cm³/mol. The highest BCUT2D eigenvalue weighted by molar-refractivity contribution is 5.89. The molecule has 3 nitrogen and oxygen atoms in total. The number of nitrogens with one attached hydrogen (secondary N) is 1. The molecule has 1 unspecified atom stereocenters. The average Bonchev–Trinajstić information content (AvgIpc) is 2.46. The summed E-state index contributed by atoms with van der Waals surface area (Å²) >= 11 is 0. The molecule has 0 radical (unpaired) electrons. The van der Waals surface area contributed by atoms with Crippen molar-refractivity contribution in [2.45, 2.75) is 13.0 Å². The molecular formula is C16H15F2NO2. The Labute approximate surface area is 121 Å². The van der Waals surface area contributed by atoms with Crippen LogP contribution in [-0.2, 0) is 4.74 Å². The minimum Gasteiger partial charge on any atom is -0.465 e. The van der Waals surface area contributed by atoms with E-state index in [1.165, 1.54) is 19.2 Å². The predicted octanol–water partition coefficient (Wildman–Crippen LogP) is 3.92. The van der Waals surface area contributed by atoms with Gasteiger partial charge in [0.25, 0.3) is 0 Å². The smallest absolute Gasteiger partial charge is 0.337 e. The van der Waals surface area contributed by atoms with Crippen molar-refractivity contribution in [3.05, 3.63) is 65.2 Å². The molecule has 0 fully saturated rings. The van der Waals surface area contributed by atoms with Crippen LogP contribution < -0.4 is 5.32 Å². The Kier molecular flexibility index (Phi) is 4.52. The van der Waals surface area contributed by atoms with Crippen LogP contribution in [0.1, 0.15) is 28.9 Å². The highest BCUT2D eigenvalue weighted by Gasteiger charge is 2.10. The van der Waals surface area contributed by atoms with Crippen LogP contribution in [0.4, 0.5) is 14.5 Å². The topological polar surface area (TPSA) is 38.3 Å². The Hall–Kier alpha value is -2.43. The van der Waals surface area contributed by atoms with E-state index >= 15 is 0 Å². The van der Waals surface area contributed by atoms with Crippen LogP contribution in [0.5, 0.6) is 0 Å². The van der Waals surface area contributed by atoms with Gasteiger partial charge in [-0.1, -0.05) is 0 Å². The number of rotatable bonds is 4. The Bertz CT molecular complexity index is 621. The molecular weight excluding hydrogens is 276 g/mol. The van der Waals surface area contributed by atoms with E-state index in [0.29, 0.717) is 11.1 Å². The highest BCUT2D eigenvalue weighted by Crippen LogP contribution is 2.21. The van der Waals surface area contributed by atoms with Gasteiger partial charge in [-0.25, -0.2) is 13.6 Å². The summed E-state index contributed by atoms with van der Waals surface area (Å²) in [6.45, 7) is 1.79. The summed E-state index contributed by atoms with van der Waals surface area (Å²) in [7, 11) is 1.31. The molecule has 21 heavy (non-hydrogen) atoms. The quantitative estimate of drug-likeness (QED) is 0.868. The third-order valence-electron chi connectivity index (χ3n) is 3.07. The Morgan fingerprint density at radius 2 is 1.67 bits per heavy atom. The maximum absolute atomic E-state index is 13.2. The Morgan fingerprint density at radius 1 is 1.10 bits per heavy atom. The van der Waals surface area contributed by atoms with Crippen LogP contribution in [0.25, 0.3) is 0 Å². The summed E-state index contributed by atoms with van der Waals surface area (Å²) in [4.78, 5) is 11.3. The van der Waals surface area contributed by atoms with E-state index in [1.54, 1.807) is 31.2 Å². The zero-order chi connectivity index (χ0) is 15.4. The first-order valence-electron chi connectivity index (χ1n) is 6.40. The summed E-state index contributed by atoms with van der Waals surface area (Å²) < 4.78 is 31.0. The fourth-order valence-corrected chi connectivity index (χ4v) is 1.98. The van der Waals surface area contributed by atoms with E-state index in [2.05, 4.69) is 10.1 Å². The third-order valence-corrected chi connectivity index (χ3v) is 3.07. The molecule has 0 aromatic heterocycles. The van der Waals surface area contributed by atoms with Gasteiger partial charge in [0, 0.05) is 17.8 Å². The maximum atomic E-state index is 13.2. The molecule has 1 atom stereocenters. The average molecular weight is 291 g/mol. The minimum atomic E-state index is -0.611. The van der Waals surface area contributed by atoms with Crippen LogP contribution in [0, 0.1) is 11.6 Å². The van der Waals surface area contributed by atoms with Crippen molar-refractivity contribution < 1.29 is 18.3 Å². The molecule has 0 saturated carbocycles. The molecule has 110 valence electrons. The molecule has 2 aromatic carbocycles. The van der Waals surface area contributed by atoms with Gasteiger partial charge < -0.3 is 10.1 Å². The summed E-state index contributed by atoms with van der Waals surface area (Å²) in [6.07, 6.45) is 0. The first kappa shape index (κ1) is 15.0. The van der Waals surface area contributed by atoms with Gasteiger partial charge in [-0.05, 0) is 48.9 Å². The lowest BCUT2D eigenvalue weighted by Crippen LogP contribution is -2.08. The molecule has 2 rings (SSSR count). The molecule has 1 N–H and O–H groups in total. The fraction of sp³-hybridized carbons (Fsp3) is 0.188. The van der Waals surface area contributed by atoms with Crippen molar-refractivity contribution in [2.75, 3.05) is 12.4 Å². The number of hydrogen-bond donors (Lipinski definition) is 1. The lowest BCUT2D eigenvalue weighted by Gasteiger charge is -2.16. The molecule has 2 aromatic rings. The van der Waals surface area contributed by atoms with Crippen LogP contribution in [-0.4, -0.2) is 13.1 Å². The second kappa shape index (κ2) is 6.35. The number of halogens is 2. The number of benzene rings is 2. The van der Waals surface area contributed by atoms with Crippen LogP contribution >= 0.6 is 0 Å². The van der Waals surface area contributed by atoms with E-state index in [1.807, 2.05) is 0 Å². The largest absolute Gasteiger partial charge is 0.465 e. The molecule has 0 saturated heterocycles. The monoisotopic (exact) mass is 291 g/mol. The fourth-order valence-electron chi connectivity index (χ4n) is 1.98. The molecule has 0 aliphatic carbocycles. The molecule has 0 aliphatic rings. The van der Waals surface area contributed by atoms with Crippen molar-refractivity contribution in [3.63, 3.8) is 0 Å². The van der Waals surface area contributed by atoms with Gasteiger partial charge in [0.1, 0.15) is 11.6 Å². The van der Waals surface area contributed by atoms with Gasteiger partial charge in [-0.15, -0.1) is 0 Å². The lowest BCUT2D eigenvalue weighted by atomic mass is 10.1. The highest BCUT2D eigenvalue weighted by atomic mass is 19.1. The Morgan fingerprint density at radius 3 is 2.19 bits per heavy atom. The van der Waals surface area contributed by atoms with Gasteiger partial charge in [-0.3, -0.25) is 0 Å². The van der Waals surface area contributed by atoms with Crippen molar-refractivity contribution in [3.8, 4) is 0 Å². The van der Waals surface area contributed by atoms with Gasteiger partial charge in [0.2, 0.25) is 0 Å². The van der Waals surface area contributed by atoms with Gasteiger partial charge >= 0.3 is 5.97 Å². The molecule has 5 heteroatoms. The number of carbonyl (C=O) groups is 1. The van der Waals surface area contributed by atoms with E-state index in [9.17, 15) is 13.6 Å². The summed E-state index contributed by atoms with van der Waals surface area (Å²) in [5.74, 6) is -1.64. The molecule has 0 bridgehead atoms. The number of esters is 1. The van der Waals surface area contributed by atoms with Crippen molar-refractivity contribution in [1.29, 1.82) is 0 Å². The number of anilines is 1. The van der Waals surface area contributed by atoms with E-state index in [0.717, 1.165) is 11.8 Å². The summed E-state index contributed by atoms with van der Waals surface area (Å²) in [5.41, 5.74) is 1.68. The lowest BCUT2D eigenvalue weighted by molar-refractivity contribution is 0.0601. The van der Waals surface area contributed by atoms with Crippen LogP contribution in [0.3, 0.4) is 0 Å². The molecule has 0 spiro atoms. The van der Waals surface area contributed by atoms with Crippen molar-refractivity contribution in [1.82, 2.24) is 0 Å². The van der Waals surface area contributed by atoms with Crippen molar-refractivity contribution in [2.24, 2.45) is 0 Å². The van der Waals surface area contributed by atoms with Crippen LogP contribution in [0.2, 0.25) is 0 Å². The zero-order valence-electron chi connectivity index (χ0n) is 11.7. The number of methoxy groups -OCH3 is 1. The number of ether oxygens (including phenoxy) is 1. The minimum absolute atomic E-state index is 0.279. The summed E-state index contributed by atoms with van der Waals surface area (Å²) in [5, 5.41) is 3.11. The van der Waals surface area contributed by atoms with E-state index < -0.39 is 17.6 Å². The first-order chi connectivity index (χ1) is 9.99. The van der Waals surface area contributed by atoms with Gasteiger partial charge in [0.15, 0.2) is 0 Å². The van der Waals surface area contributed by atoms with Crippen molar-refractivity contribution >= 4 is 11.7 Å². The van der Waals surface area contributed by atoms with Gasteiger partial charge in [-0.2, -0.15) is 0 Å².